The Bertz CT molecular complexity index is 925. The molecule has 1 aromatic rings. The first kappa shape index (κ1) is 26.5. The Labute approximate surface area is 207 Å². The van der Waals surface area contributed by atoms with E-state index in [-0.39, 0.29) is 11.5 Å². The molecular formula is C31H45NO2. The number of aryl methyl sites for hydroxylation is 1. The summed E-state index contributed by atoms with van der Waals surface area (Å²) in [5.74, 6) is 1.48. The molecule has 0 saturated heterocycles. The lowest BCUT2D eigenvalue weighted by Gasteiger charge is -2.51. The van der Waals surface area contributed by atoms with E-state index in [1.165, 1.54) is 22.3 Å². The number of aliphatic hydroxyl groups is 1. The standard InChI is InChI=1S/C26H34O2.C5H11N/c1-4-5-20-19(14-15-27)10-11-21-23-12-13-24(28)26(23,3)16-22(25(20)21)18-8-6-17(2)7-9-18;1-4-6-5(2)3/h6-9,14-15,21-24,28H,4-5,10-13,16H2,1-3H3;6H,2,4H2,1,3H3/b19-14-;. The molecule has 5 unspecified atom stereocenters. The van der Waals surface area contributed by atoms with E-state index >= 15 is 0 Å². The third-order valence-electron chi connectivity index (χ3n) is 8.45. The van der Waals surface area contributed by atoms with Crippen LogP contribution in [-0.4, -0.2) is 24.0 Å². The maximum Gasteiger partial charge on any atom is 0.143 e. The van der Waals surface area contributed by atoms with Crippen molar-refractivity contribution in [3.8, 4) is 0 Å². The van der Waals surface area contributed by atoms with Crippen molar-refractivity contribution in [2.24, 2.45) is 17.3 Å². The van der Waals surface area contributed by atoms with E-state index in [0.29, 0.717) is 17.8 Å². The second-order valence-corrected chi connectivity index (χ2v) is 10.8. The van der Waals surface area contributed by atoms with Crippen molar-refractivity contribution in [3.63, 3.8) is 0 Å². The highest BCUT2D eigenvalue weighted by Crippen LogP contribution is 2.63. The molecule has 0 heterocycles. The zero-order chi connectivity index (χ0) is 24.9. The van der Waals surface area contributed by atoms with Crippen molar-refractivity contribution >= 4 is 6.29 Å². The summed E-state index contributed by atoms with van der Waals surface area (Å²) in [5.41, 5.74) is 8.04. The van der Waals surface area contributed by atoms with Gasteiger partial charge in [-0.1, -0.05) is 62.2 Å². The molecule has 0 spiro atoms. The van der Waals surface area contributed by atoms with Crippen LogP contribution in [0, 0.1) is 24.2 Å². The summed E-state index contributed by atoms with van der Waals surface area (Å²) >= 11 is 0. The second kappa shape index (κ2) is 11.5. The predicted octanol–water partition coefficient (Wildman–Crippen LogP) is 7.02. The summed E-state index contributed by atoms with van der Waals surface area (Å²) in [6, 6.07) is 9.01. The van der Waals surface area contributed by atoms with Gasteiger partial charge in [0.05, 0.1) is 6.10 Å². The fourth-order valence-electron chi connectivity index (χ4n) is 6.87. The van der Waals surface area contributed by atoms with E-state index in [9.17, 15) is 9.90 Å². The third-order valence-corrected chi connectivity index (χ3v) is 8.45. The molecule has 2 N–H and O–H groups in total. The van der Waals surface area contributed by atoms with Crippen LogP contribution in [0.4, 0.5) is 0 Å². The molecule has 2 saturated carbocycles. The number of rotatable bonds is 6. The summed E-state index contributed by atoms with van der Waals surface area (Å²) < 4.78 is 0. The van der Waals surface area contributed by atoms with Crippen LogP contribution in [-0.2, 0) is 4.79 Å². The first-order chi connectivity index (χ1) is 16.3. The van der Waals surface area contributed by atoms with Gasteiger partial charge in [-0.2, -0.15) is 0 Å². The molecule has 1 aromatic carbocycles. The van der Waals surface area contributed by atoms with Gasteiger partial charge in [0.15, 0.2) is 0 Å². The maximum atomic E-state index is 11.3. The van der Waals surface area contributed by atoms with E-state index in [4.69, 9.17) is 0 Å². The molecule has 3 aliphatic carbocycles. The Kier molecular flexibility index (Phi) is 8.98. The van der Waals surface area contributed by atoms with Crippen molar-refractivity contribution in [1.29, 1.82) is 0 Å². The summed E-state index contributed by atoms with van der Waals surface area (Å²) in [6.07, 6.45) is 9.99. The summed E-state index contributed by atoms with van der Waals surface area (Å²) in [6.45, 7) is 15.3. The largest absolute Gasteiger partial charge is 0.393 e. The number of fused-ring (bicyclic) bond motifs is 3. The number of carbonyl (C=O) groups excluding carboxylic acids is 1. The summed E-state index contributed by atoms with van der Waals surface area (Å²) in [4.78, 5) is 11.3. The van der Waals surface area contributed by atoms with Gasteiger partial charge in [0.25, 0.3) is 0 Å². The quantitative estimate of drug-likeness (QED) is 0.352. The third kappa shape index (κ3) is 5.40. The molecule has 3 aliphatic rings. The Hall–Kier alpha value is -2.13. The van der Waals surface area contributed by atoms with Crippen LogP contribution in [0.5, 0.6) is 0 Å². The van der Waals surface area contributed by atoms with Crippen LogP contribution in [0.3, 0.4) is 0 Å². The monoisotopic (exact) mass is 463 g/mol. The average Bonchev–Trinajstić information content (AvgIpc) is 3.10. The zero-order valence-electron chi connectivity index (χ0n) is 22.0. The van der Waals surface area contributed by atoms with Crippen LogP contribution >= 0.6 is 0 Å². The van der Waals surface area contributed by atoms with Gasteiger partial charge < -0.3 is 10.4 Å². The summed E-state index contributed by atoms with van der Waals surface area (Å²) in [5, 5.41) is 13.9. The summed E-state index contributed by atoms with van der Waals surface area (Å²) in [7, 11) is 0. The molecule has 3 heteroatoms. The van der Waals surface area contributed by atoms with Gasteiger partial charge in [-0.3, -0.25) is 4.79 Å². The molecule has 0 aliphatic heterocycles. The molecule has 2 fully saturated rings. The van der Waals surface area contributed by atoms with Crippen LogP contribution in [0.25, 0.3) is 0 Å². The number of aliphatic hydroxyl groups excluding tert-OH is 1. The van der Waals surface area contributed by atoms with Crippen molar-refractivity contribution in [3.05, 3.63) is 70.5 Å². The lowest BCUT2D eigenvalue weighted by atomic mass is 9.53. The number of benzene rings is 1. The predicted molar refractivity (Wildman–Crippen MR) is 143 cm³/mol. The Balaban J connectivity index is 0.000000481. The van der Waals surface area contributed by atoms with Gasteiger partial charge in [0.2, 0.25) is 0 Å². The van der Waals surface area contributed by atoms with Crippen molar-refractivity contribution in [2.75, 3.05) is 6.54 Å². The molecule has 4 rings (SSSR count). The Morgan fingerprint density at radius 3 is 2.47 bits per heavy atom. The number of nitrogens with one attached hydrogen (secondary N) is 1. The molecule has 0 bridgehead atoms. The first-order valence-corrected chi connectivity index (χ1v) is 13.3. The van der Waals surface area contributed by atoms with Crippen molar-refractivity contribution in [2.45, 2.75) is 91.6 Å². The van der Waals surface area contributed by atoms with E-state index < -0.39 is 0 Å². The SMILES string of the molecule is C=C(C)NCC.CCCC1=C2C(c3ccc(C)cc3)CC3(C)C(O)CCC3C2CC/C1=C/C=O. The average molecular weight is 464 g/mol. The van der Waals surface area contributed by atoms with Gasteiger partial charge in [0.1, 0.15) is 6.29 Å². The Morgan fingerprint density at radius 2 is 1.91 bits per heavy atom. The smallest absolute Gasteiger partial charge is 0.143 e. The van der Waals surface area contributed by atoms with Crippen molar-refractivity contribution < 1.29 is 9.90 Å². The molecule has 0 aromatic heterocycles. The molecule has 5 atom stereocenters. The fraction of sp³-hybridized carbons (Fsp3) is 0.581. The number of aldehydes is 1. The lowest BCUT2D eigenvalue weighted by Crippen LogP contribution is -2.44. The van der Waals surface area contributed by atoms with Crippen LogP contribution < -0.4 is 5.32 Å². The minimum absolute atomic E-state index is 0.00687. The van der Waals surface area contributed by atoms with E-state index in [1.54, 1.807) is 5.57 Å². The lowest BCUT2D eigenvalue weighted by molar-refractivity contribution is -0.104. The number of hydrogen-bond acceptors (Lipinski definition) is 3. The highest BCUT2D eigenvalue weighted by Gasteiger charge is 2.56. The van der Waals surface area contributed by atoms with E-state index in [0.717, 1.165) is 63.5 Å². The number of hydrogen-bond donors (Lipinski definition) is 2. The van der Waals surface area contributed by atoms with E-state index in [1.807, 2.05) is 13.0 Å². The first-order valence-electron chi connectivity index (χ1n) is 13.3. The molecule has 34 heavy (non-hydrogen) atoms. The van der Waals surface area contributed by atoms with E-state index in [2.05, 4.69) is 63.9 Å². The van der Waals surface area contributed by atoms with Gasteiger partial charge in [0, 0.05) is 18.2 Å². The minimum atomic E-state index is -0.187. The molecular weight excluding hydrogens is 418 g/mol. The fourth-order valence-corrected chi connectivity index (χ4v) is 6.87. The van der Waals surface area contributed by atoms with Crippen LogP contribution in [0.15, 0.2) is 59.3 Å². The highest BCUT2D eigenvalue weighted by molar-refractivity contribution is 5.69. The van der Waals surface area contributed by atoms with Gasteiger partial charge in [-0.05, 0) is 99.3 Å². The molecule has 3 nitrogen and oxygen atoms in total. The topological polar surface area (TPSA) is 49.3 Å². The maximum absolute atomic E-state index is 11.3. The number of allylic oxidation sites excluding steroid dienone is 5. The second-order valence-electron chi connectivity index (χ2n) is 10.8. The Morgan fingerprint density at radius 1 is 1.21 bits per heavy atom. The van der Waals surface area contributed by atoms with Gasteiger partial charge in [-0.25, -0.2) is 0 Å². The van der Waals surface area contributed by atoms with Crippen molar-refractivity contribution in [1.82, 2.24) is 5.32 Å². The van der Waals surface area contributed by atoms with Crippen LogP contribution in [0.2, 0.25) is 0 Å². The normalized spacial score (nSPS) is 31.3. The highest BCUT2D eigenvalue weighted by atomic mass is 16.3. The van der Waals surface area contributed by atoms with Crippen LogP contribution in [0.1, 0.15) is 89.7 Å². The molecule has 0 amide bonds. The van der Waals surface area contributed by atoms with Gasteiger partial charge in [-0.15, -0.1) is 0 Å². The molecule has 186 valence electrons. The zero-order valence-corrected chi connectivity index (χ0v) is 22.0. The van der Waals surface area contributed by atoms with Gasteiger partial charge >= 0.3 is 0 Å². The molecule has 0 radical (unpaired) electrons. The number of carbonyl (C=O) groups is 1. The minimum Gasteiger partial charge on any atom is -0.393 e.